The lowest BCUT2D eigenvalue weighted by molar-refractivity contribution is 0.531. The lowest BCUT2D eigenvalue weighted by Crippen LogP contribution is -2.13. The van der Waals surface area contributed by atoms with Crippen molar-refractivity contribution in [2.75, 3.05) is 19.6 Å². The van der Waals surface area contributed by atoms with Gasteiger partial charge in [-0.25, -0.2) is 0 Å². The zero-order valence-corrected chi connectivity index (χ0v) is 9.80. The van der Waals surface area contributed by atoms with Crippen LogP contribution in [0.3, 0.4) is 0 Å². The van der Waals surface area contributed by atoms with Gasteiger partial charge in [0.05, 0.1) is 0 Å². The van der Waals surface area contributed by atoms with Crippen LogP contribution in [-0.2, 0) is 0 Å². The largest absolute Gasteiger partial charge is 0.316 e. The van der Waals surface area contributed by atoms with Crippen LogP contribution in [0.4, 0.5) is 0 Å². The lowest BCUT2D eigenvalue weighted by atomic mass is 9.91. The Morgan fingerprint density at radius 2 is 2.47 bits per heavy atom. The van der Waals surface area contributed by atoms with E-state index in [1.807, 2.05) is 0 Å². The highest BCUT2D eigenvalue weighted by atomic mass is 35.5. The highest BCUT2D eigenvalue weighted by molar-refractivity contribution is 7.07. The Kier molecular flexibility index (Phi) is 4.91. The molecule has 6 heteroatoms. The van der Waals surface area contributed by atoms with Crippen molar-refractivity contribution in [3.05, 3.63) is 32.8 Å². The normalized spacial score (nSPS) is 24.3. The number of nitrogens with zero attached hydrogens (tertiary/aromatic N) is 3. The van der Waals surface area contributed by atoms with E-state index >= 15 is 0 Å². The first-order valence-electron chi connectivity index (χ1n) is 4.65. The molecule has 1 aliphatic heterocycles. The predicted molar refractivity (Wildman–Crippen MR) is 64.7 cm³/mol. The van der Waals surface area contributed by atoms with Crippen LogP contribution in [-0.4, -0.2) is 19.6 Å². The molecule has 0 amide bonds. The molecule has 2 unspecified atom stereocenters. The number of halogens is 1. The van der Waals surface area contributed by atoms with E-state index in [0.717, 1.165) is 13.1 Å². The minimum absolute atomic E-state index is 0. The number of azide groups is 1. The zero-order valence-electron chi connectivity index (χ0n) is 8.17. The standard InChI is InChI=1S/C9H12N4S.ClH/c10-13-12-4-8-3-11-5-9(8)7-1-2-14-6-7;/h1-2,6,8-9,11H,3-5H2;1H. The summed E-state index contributed by atoms with van der Waals surface area (Å²) in [6.07, 6.45) is 0. The molecule has 2 heterocycles. The molecule has 15 heavy (non-hydrogen) atoms. The molecule has 1 saturated heterocycles. The smallest absolute Gasteiger partial charge is 0.0304 e. The summed E-state index contributed by atoms with van der Waals surface area (Å²) in [5.41, 5.74) is 9.66. The van der Waals surface area contributed by atoms with Gasteiger partial charge in [0.15, 0.2) is 0 Å². The Morgan fingerprint density at radius 3 is 3.13 bits per heavy atom. The van der Waals surface area contributed by atoms with Gasteiger partial charge in [0.25, 0.3) is 0 Å². The van der Waals surface area contributed by atoms with Crippen molar-refractivity contribution < 1.29 is 0 Å². The molecule has 0 aliphatic carbocycles. The molecular formula is C9H13ClN4S. The Labute approximate surface area is 98.7 Å². The Morgan fingerprint density at radius 1 is 1.60 bits per heavy atom. The maximum atomic E-state index is 8.28. The number of hydrogen-bond acceptors (Lipinski definition) is 3. The molecule has 1 aromatic heterocycles. The Hall–Kier alpha value is -0.740. The molecule has 1 aliphatic rings. The van der Waals surface area contributed by atoms with Crippen LogP contribution >= 0.6 is 23.7 Å². The summed E-state index contributed by atoms with van der Waals surface area (Å²) in [5, 5.41) is 11.3. The van der Waals surface area contributed by atoms with Crippen LogP contribution in [0.5, 0.6) is 0 Å². The highest BCUT2D eigenvalue weighted by Crippen LogP contribution is 2.29. The molecule has 1 aromatic rings. The first-order chi connectivity index (χ1) is 6.92. The van der Waals surface area contributed by atoms with Crippen LogP contribution < -0.4 is 5.32 Å². The van der Waals surface area contributed by atoms with E-state index in [9.17, 15) is 0 Å². The van der Waals surface area contributed by atoms with Crippen LogP contribution in [0.25, 0.3) is 10.4 Å². The van der Waals surface area contributed by atoms with Crippen LogP contribution in [0.1, 0.15) is 11.5 Å². The highest BCUT2D eigenvalue weighted by Gasteiger charge is 2.27. The van der Waals surface area contributed by atoms with E-state index in [4.69, 9.17) is 5.53 Å². The third kappa shape index (κ3) is 2.86. The molecule has 82 valence electrons. The fourth-order valence-corrected chi connectivity index (χ4v) is 2.67. The minimum atomic E-state index is 0. The third-order valence-electron chi connectivity index (χ3n) is 2.69. The molecule has 0 radical (unpaired) electrons. The summed E-state index contributed by atoms with van der Waals surface area (Å²) in [4.78, 5) is 2.81. The second-order valence-corrected chi connectivity index (χ2v) is 4.27. The quantitative estimate of drug-likeness (QED) is 0.496. The van der Waals surface area contributed by atoms with Gasteiger partial charge in [-0.2, -0.15) is 11.3 Å². The first kappa shape index (κ1) is 12.3. The second kappa shape index (κ2) is 5.98. The fraction of sp³-hybridized carbons (Fsp3) is 0.556. The van der Waals surface area contributed by atoms with E-state index in [1.54, 1.807) is 11.3 Å². The van der Waals surface area contributed by atoms with Gasteiger partial charge in [0.2, 0.25) is 0 Å². The summed E-state index contributed by atoms with van der Waals surface area (Å²) < 4.78 is 0. The van der Waals surface area contributed by atoms with Crippen LogP contribution in [0, 0.1) is 5.92 Å². The van der Waals surface area contributed by atoms with E-state index < -0.39 is 0 Å². The first-order valence-corrected chi connectivity index (χ1v) is 5.59. The van der Waals surface area contributed by atoms with Crippen molar-refractivity contribution >= 4 is 23.7 Å². The molecule has 0 aromatic carbocycles. The third-order valence-corrected chi connectivity index (χ3v) is 3.39. The molecule has 2 atom stereocenters. The molecule has 2 rings (SSSR count). The van der Waals surface area contributed by atoms with E-state index in [1.165, 1.54) is 5.56 Å². The SMILES string of the molecule is Cl.[N-]=[N+]=NCC1CNCC1c1ccsc1. The van der Waals surface area contributed by atoms with Crippen molar-refractivity contribution in [3.63, 3.8) is 0 Å². The molecular weight excluding hydrogens is 232 g/mol. The average Bonchev–Trinajstić information content (AvgIpc) is 2.84. The van der Waals surface area contributed by atoms with Crippen molar-refractivity contribution in [2.45, 2.75) is 5.92 Å². The summed E-state index contributed by atoms with van der Waals surface area (Å²) in [6, 6.07) is 2.16. The summed E-state index contributed by atoms with van der Waals surface area (Å²) in [5.74, 6) is 0.979. The number of hydrogen-bond donors (Lipinski definition) is 1. The summed E-state index contributed by atoms with van der Waals surface area (Å²) in [7, 11) is 0. The molecule has 0 saturated carbocycles. The van der Waals surface area contributed by atoms with Crippen molar-refractivity contribution in [1.29, 1.82) is 0 Å². The van der Waals surface area contributed by atoms with E-state index in [0.29, 0.717) is 18.4 Å². The predicted octanol–water partition coefficient (Wildman–Crippen LogP) is 2.78. The average molecular weight is 245 g/mol. The molecule has 4 nitrogen and oxygen atoms in total. The van der Waals surface area contributed by atoms with Crippen molar-refractivity contribution in [1.82, 2.24) is 5.32 Å². The lowest BCUT2D eigenvalue weighted by Gasteiger charge is -2.14. The van der Waals surface area contributed by atoms with Crippen molar-refractivity contribution in [2.24, 2.45) is 11.0 Å². The molecule has 0 spiro atoms. The summed E-state index contributed by atoms with van der Waals surface area (Å²) in [6.45, 7) is 2.56. The van der Waals surface area contributed by atoms with Gasteiger partial charge in [-0.1, -0.05) is 5.11 Å². The number of thiophene rings is 1. The maximum absolute atomic E-state index is 8.28. The molecule has 0 bridgehead atoms. The molecule has 1 fully saturated rings. The van der Waals surface area contributed by atoms with Gasteiger partial charge in [-0.05, 0) is 40.4 Å². The van der Waals surface area contributed by atoms with Gasteiger partial charge in [0, 0.05) is 23.9 Å². The van der Waals surface area contributed by atoms with E-state index in [2.05, 4.69) is 32.2 Å². The van der Waals surface area contributed by atoms with Gasteiger partial charge in [-0.15, -0.1) is 12.4 Å². The van der Waals surface area contributed by atoms with Crippen LogP contribution in [0.2, 0.25) is 0 Å². The maximum Gasteiger partial charge on any atom is 0.0304 e. The van der Waals surface area contributed by atoms with Gasteiger partial charge < -0.3 is 5.32 Å². The fourth-order valence-electron chi connectivity index (χ4n) is 1.94. The van der Waals surface area contributed by atoms with Crippen molar-refractivity contribution in [3.8, 4) is 0 Å². The topological polar surface area (TPSA) is 60.8 Å². The van der Waals surface area contributed by atoms with E-state index in [-0.39, 0.29) is 12.4 Å². The number of nitrogens with one attached hydrogen (secondary N) is 1. The Balaban J connectivity index is 0.00000112. The van der Waals surface area contributed by atoms with Gasteiger partial charge in [-0.3, -0.25) is 0 Å². The van der Waals surface area contributed by atoms with Gasteiger partial charge in [0.1, 0.15) is 0 Å². The van der Waals surface area contributed by atoms with Crippen LogP contribution in [0.15, 0.2) is 21.9 Å². The Bertz CT molecular complexity index is 334. The second-order valence-electron chi connectivity index (χ2n) is 3.49. The monoisotopic (exact) mass is 244 g/mol. The summed E-state index contributed by atoms with van der Waals surface area (Å²) >= 11 is 1.72. The molecule has 1 N–H and O–H groups in total. The zero-order chi connectivity index (χ0) is 9.80. The number of rotatable bonds is 3. The van der Waals surface area contributed by atoms with Gasteiger partial charge >= 0.3 is 0 Å². The minimum Gasteiger partial charge on any atom is -0.316 e.